The van der Waals surface area contributed by atoms with Gasteiger partial charge in [0.1, 0.15) is 0 Å². The van der Waals surface area contributed by atoms with Crippen LogP contribution in [0, 0.1) is 0 Å². The third kappa shape index (κ3) is 3.89. The topological polar surface area (TPSA) is 63.3 Å². The Morgan fingerprint density at radius 2 is 2.38 bits per heavy atom. The molecule has 0 saturated heterocycles. The fraction of sp³-hybridized carbons (Fsp3) is 0.750. The van der Waals surface area contributed by atoms with Gasteiger partial charge in [-0.3, -0.25) is 4.79 Å². The first-order valence-electron chi connectivity index (χ1n) is 2.19. The van der Waals surface area contributed by atoms with Gasteiger partial charge < -0.3 is 10.8 Å². The summed E-state index contributed by atoms with van der Waals surface area (Å²) in [5.74, 6) is -0.471. The van der Waals surface area contributed by atoms with E-state index in [-0.39, 0.29) is 12.3 Å². The molecule has 0 aliphatic heterocycles. The monoisotopic (exact) mass is 137 g/mol. The number of hydrogen-bond donors (Lipinski definition) is 2. The van der Waals surface area contributed by atoms with Crippen molar-refractivity contribution in [3.8, 4) is 0 Å². The molecule has 0 bridgehead atoms. The standard InChI is InChI=1S/C4H8ClNO2/c5-2-3(7)1-4(6)8/h3,7H,1-2H2,(H2,6,8). The Balaban J connectivity index is 3.24. The summed E-state index contributed by atoms with van der Waals surface area (Å²) in [5.41, 5.74) is 4.71. The molecule has 0 aromatic carbocycles. The molecule has 4 heteroatoms. The molecule has 0 rings (SSSR count). The van der Waals surface area contributed by atoms with Crippen LogP contribution in [0.5, 0.6) is 0 Å². The highest BCUT2D eigenvalue weighted by Crippen LogP contribution is 1.91. The van der Waals surface area contributed by atoms with Crippen molar-refractivity contribution in [2.24, 2.45) is 5.73 Å². The van der Waals surface area contributed by atoms with Crippen LogP contribution in [0.3, 0.4) is 0 Å². The van der Waals surface area contributed by atoms with E-state index >= 15 is 0 Å². The van der Waals surface area contributed by atoms with Gasteiger partial charge in [0.25, 0.3) is 0 Å². The molecule has 0 saturated carbocycles. The van der Waals surface area contributed by atoms with Gasteiger partial charge in [0.15, 0.2) is 0 Å². The molecule has 48 valence electrons. The summed E-state index contributed by atoms with van der Waals surface area (Å²) in [6.45, 7) is 0. The van der Waals surface area contributed by atoms with E-state index in [1.54, 1.807) is 0 Å². The average Bonchev–Trinajstić information content (AvgIpc) is 1.65. The number of nitrogens with two attached hydrogens (primary N) is 1. The van der Waals surface area contributed by atoms with E-state index in [9.17, 15) is 4.79 Å². The van der Waals surface area contributed by atoms with Gasteiger partial charge >= 0.3 is 0 Å². The maximum absolute atomic E-state index is 9.97. The lowest BCUT2D eigenvalue weighted by Crippen LogP contribution is -2.20. The number of primary amides is 1. The number of carbonyl (C=O) groups excluding carboxylic acids is 1. The van der Waals surface area contributed by atoms with Gasteiger partial charge in [0, 0.05) is 5.88 Å². The summed E-state index contributed by atoms with van der Waals surface area (Å²) >= 11 is 5.14. The highest BCUT2D eigenvalue weighted by Gasteiger charge is 2.04. The molecule has 0 aromatic rings. The van der Waals surface area contributed by atoms with Gasteiger partial charge in [-0.15, -0.1) is 11.6 Å². The highest BCUT2D eigenvalue weighted by atomic mass is 35.5. The molecule has 1 unspecified atom stereocenters. The summed E-state index contributed by atoms with van der Waals surface area (Å²) < 4.78 is 0. The smallest absolute Gasteiger partial charge is 0.220 e. The van der Waals surface area contributed by atoms with Crippen molar-refractivity contribution < 1.29 is 9.90 Å². The van der Waals surface area contributed by atoms with Gasteiger partial charge in [0.2, 0.25) is 5.91 Å². The minimum Gasteiger partial charge on any atom is -0.391 e. The Kier molecular flexibility index (Phi) is 3.56. The number of amides is 1. The molecule has 0 heterocycles. The molecule has 0 aliphatic carbocycles. The van der Waals surface area contributed by atoms with Crippen LogP contribution in [0.4, 0.5) is 0 Å². The van der Waals surface area contributed by atoms with Crippen molar-refractivity contribution in [3.05, 3.63) is 0 Å². The van der Waals surface area contributed by atoms with Gasteiger partial charge in [-0.25, -0.2) is 0 Å². The molecule has 0 aliphatic rings. The number of carbonyl (C=O) groups is 1. The first-order valence-corrected chi connectivity index (χ1v) is 2.72. The van der Waals surface area contributed by atoms with E-state index < -0.39 is 12.0 Å². The zero-order valence-electron chi connectivity index (χ0n) is 4.30. The number of alkyl halides is 1. The minimum atomic E-state index is -0.783. The maximum Gasteiger partial charge on any atom is 0.220 e. The number of halogens is 1. The molecule has 1 atom stereocenters. The van der Waals surface area contributed by atoms with Crippen LogP contribution in [0.15, 0.2) is 0 Å². The van der Waals surface area contributed by atoms with E-state index in [2.05, 4.69) is 0 Å². The second-order valence-electron chi connectivity index (χ2n) is 1.48. The fourth-order valence-electron chi connectivity index (χ4n) is 0.287. The van der Waals surface area contributed by atoms with E-state index in [1.807, 2.05) is 0 Å². The zero-order chi connectivity index (χ0) is 6.57. The summed E-state index contributed by atoms with van der Waals surface area (Å²) in [5, 5.41) is 8.60. The zero-order valence-corrected chi connectivity index (χ0v) is 5.06. The van der Waals surface area contributed by atoms with Crippen molar-refractivity contribution in [3.63, 3.8) is 0 Å². The maximum atomic E-state index is 9.97. The molecule has 0 spiro atoms. The van der Waals surface area contributed by atoms with Crippen LogP contribution < -0.4 is 5.73 Å². The molecular weight excluding hydrogens is 130 g/mol. The quantitative estimate of drug-likeness (QED) is 0.514. The third-order valence-electron chi connectivity index (χ3n) is 0.615. The van der Waals surface area contributed by atoms with Crippen molar-refractivity contribution in [2.75, 3.05) is 5.88 Å². The minimum absolute atomic E-state index is 0.0521. The second-order valence-corrected chi connectivity index (χ2v) is 1.79. The molecule has 1 amide bonds. The van der Waals surface area contributed by atoms with Crippen LogP contribution in [-0.4, -0.2) is 23.0 Å². The molecule has 0 aromatic heterocycles. The molecule has 3 nitrogen and oxygen atoms in total. The molecule has 0 fully saturated rings. The normalized spacial score (nSPS) is 13.2. The Bertz CT molecular complexity index is 86.1. The van der Waals surface area contributed by atoms with Gasteiger partial charge in [0.05, 0.1) is 12.5 Å². The Morgan fingerprint density at radius 1 is 1.88 bits per heavy atom. The van der Waals surface area contributed by atoms with Crippen LogP contribution in [0.25, 0.3) is 0 Å². The Labute approximate surface area is 52.4 Å². The fourth-order valence-corrected chi connectivity index (χ4v) is 0.396. The number of hydrogen-bond acceptors (Lipinski definition) is 2. The largest absolute Gasteiger partial charge is 0.391 e. The Hall–Kier alpha value is -0.280. The predicted molar refractivity (Wildman–Crippen MR) is 30.5 cm³/mol. The molecule has 8 heavy (non-hydrogen) atoms. The lowest BCUT2D eigenvalue weighted by atomic mass is 10.3. The van der Waals surface area contributed by atoms with Crippen molar-refractivity contribution in [1.82, 2.24) is 0 Å². The van der Waals surface area contributed by atoms with Crippen LogP contribution in [0.1, 0.15) is 6.42 Å². The van der Waals surface area contributed by atoms with Crippen molar-refractivity contribution in [2.45, 2.75) is 12.5 Å². The van der Waals surface area contributed by atoms with Gasteiger partial charge in [-0.1, -0.05) is 0 Å². The SMILES string of the molecule is NC(=O)CC(O)CCl. The summed E-state index contributed by atoms with van der Waals surface area (Å²) in [4.78, 5) is 9.97. The van der Waals surface area contributed by atoms with Crippen molar-refractivity contribution >= 4 is 17.5 Å². The van der Waals surface area contributed by atoms with Crippen LogP contribution in [0.2, 0.25) is 0 Å². The summed E-state index contributed by atoms with van der Waals surface area (Å²) in [6.07, 6.45) is -0.835. The van der Waals surface area contributed by atoms with Crippen LogP contribution in [-0.2, 0) is 4.79 Å². The predicted octanol–water partition coefficient (Wildman–Crippen LogP) is -0.539. The summed E-state index contributed by atoms with van der Waals surface area (Å²) in [7, 11) is 0. The second kappa shape index (κ2) is 3.69. The van der Waals surface area contributed by atoms with Gasteiger partial charge in [-0.2, -0.15) is 0 Å². The lowest BCUT2D eigenvalue weighted by molar-refractivity contribution is -0.119. The first-order chi connectivity index (χ1) is 3.66. The lowest BCUT2D eigenvalue weighted by Gasteiger charge is -1.99. The third-order valence-corrected chi connectivity index (χ3v) is 0.971. The first kappa shape index (κ1) is 7.72. The molecule has 3 N–H and O–H groups in total. The van der Waals surface area contributed by atoms with E-state index in [1.165, 1.54) is 0 Å². The molecular formula is C4H8ClNO2. The number of rotatable bonds is 3. The number of aliphatic hydroxyl groups is 1. The van der Waals surface area contributed by atoms with Gasteiger partial charge in [-0.05, 0) is 0 Å². The van der Waals surface area contributed by atoms with Crippen molar-refractivity contribution in [1.29, 1.82) is 0 Å². The van der Waals surface area contributed by atoms with Crippen LogP contribution >= 0.6 is 11.6 Å². The summed E-state index contributed by atoms with van der Waals surface area (Å²) in [6, 6.07) is 0. The molecule has 0 radical (unpaired) electrons. The highest BCUT2D eigenvalue weighted by molar-refractivity contribution is 6.18. The van der Waals surface area contributed by atoms with E-state index in [4.69, 9.17) is 22.4 Å². The van der Waals surface area contributed by atoms with E-state index in [0.717, 1.165) is 0 Å². The van der Waals surface area contributed by atoms with E-state index in [0.29, 0.717) is 0 Å². The average molecular weight is 138 g/mol. The number of aliphatic hydroxyl groups excluding tert-OH is 1. The Morgan fingerprint density at radius 3 is 2.50 bits per heavy atom.